The first kappa shape index (κ1) is 22.7. The van der Waals surface area contributed by atoms with Crippen LogP contribution in [0.25, 0.3) is 10.6 Å². The van der Waals surface area contributed by atoms with Gasteiger partial charge in [0.15, 0.2) is 0 Å². The lowest BCUT2D eigenvalue weighted by atomic mass is 10.2. The topological polar surface area (TPSA) is 85.2 Å². The minimum absolute atomic E-state index is 0.0287. The van der Waals surface area contributed by atoms with Crippen molar-refractivity contribution in [2.45, 2.75) is 32.1 Å². The standard InChI is InChI=1S/C19H20Cl2N4O3S2/c1-5-25(30(27,28)17-11(2)23-24(4)18(17)21)16(26)10-15-12(3)29-19(22-15)13-6-8-14(20)9-7-13/h6-9H,5,10H2,1-4H3. The molecule has 3 rings (SSSR count). The van der Waals surface area contributed by atoms with Gasteiger partial charge >= 0.3 is 0 Å². The number of halogens is 2. The first-order valence-corrected chi connectivity index (χ1v) is 12.0. The third-order valence-electron chi connectivity index (χ3n) is 4.52. The highest BCUT2D eigenvalue weighted by Crippen LogP contribution is 2.30. The van der Waals surface area contributed by atoms with Crippen LogP contribution in [-0.2, 0) is 28.3 Å². The summed E-state index contributed by atoms with van der Waals surface area (Å²) in [7, 11) is -2.60. The maximum absolute atomic E-state index is 13.1. The summed E-state index contributed by atoms with van der Waals surface area (Å²) < 4.78 is 28.4. The number of aromatic nitrogens is 3. The zero-order valence-corrected chi connectivity index (χ0v) is 20.0. The number of hydrogen-bond donors (Lipinski definition) is 0. The average molecular weight is 487 g/mol. The molecule has 0 N–H and O–H groups in total. The summed E-state index contributed by atoms with van der Waals surface area (Å²) in [4.78, 5) is 18.2. The van der Waals surface area contributed by atoms with Gasteiger partial charge in [-0.15, -0.1) is 11.3 Å². The SMILES string of the molecule is CCN(C(=O)Cc1nc(-c2ccc(Cl)cc2)sc1C)S(=O)(=O)c1c(C)nn(C)c1Cl. The number of rotatable bonds is 6. The van der Waals surface area contributed by atoms with E-state index in [1.165, 1.54) is 16.0 Å². The van der Waals surface area contributed by atoms with E-state index in [1.54, 1.807) is 33.0 Å². The molecule has 0 bridgehead atoms. The van der Waals surface area contributed by atoms with Gasteiger partial charge in [0.2, 0.25) is 5.91 Å². The second kappa shape index (κ2) is 8.66. The second-order valence-corrected chi connectivity index (χ2v) is 10.4. The van der Waals surface area contributed by atoms with E-state index >= 15 is 0 Å². The maximum atomic E-state index is 13.1. The molecule has 0 atom stereocenters. The molecule has 0 saturated heterocycles. The summed E-state index contributed by atoms with van der Waals surface area (Å²) in [6, 6.07) is 7.23. The zero-order valence-electron chi connectivity index (χ0n) is 16.8. The van der Waals surface area contributed by atoms with E-state index < -0.39 is 15.9 Å². The van der Waals surface area contributed by atoms with Crippen molar-refractivity contribution in [3.05, 3.63) is 50.7 Å². The van der Waals surface area contributed by atoms with Gasteiger partial charge in [-0.25, -0.2) is 17.7 Å². The molecule has 160 valence electrons. The molecule has 0 aliphatic rings. The van der Waals surface area contributed by atoms with E-state index in [-0.39, 0.29) is 28.7 Å². The molecule has 0 unspecified atom stereocenters. The Morgan fingerprint density at radius 3 is 2.37 bits per heavy atom. The number of amides is 1. The molecule has 0 fully saturated rings. The van der Waals surface area contributed by atoms with Crippen LogP contribution >= 0.6 is 34.5 Å². The summed E-state index contributed by atoms with van der Waals surface area (Å²) in [5.41, 5.74) is 1.66. The Morgan fingerprint density at radius 2 is 1.83 bits per heavy atom. The number of thiazole rings is 1. The van der Waals surface area contributed by atoms with Gasteiger partial charge < -0.3 is 0 Å². The van der Waals surface area contributed by atoms with Crippen molar-refractivity contribution in [1.29, 1.82) is 0 Å². The van der Waals surface area contributed by atoms with Crippen LogP contribution < -0.4 is 0 Å². The fourth-order valence-electron chi connectivity index (χ4n) is 3.03. The highest BCUT2D eigenvalue weighted by Gasteiger charge is 2.34. The Hall–Kier alpha value is -1.94. The largest absolute Gasteiger partial charge is 0.273 e. The van der Waals surface area contributed by atoms with Crippen molar-refractivity contribution < 1.29 is 13.2 Å². The number of likely N-dealkylation sites (N-methyl/N-ethyl adjacent to an activating group) is 1. The number of nitrogens with zero attached hydrogens (tertiary/aromatic N) is 4. The van der Waals surface area contributed by atoms with Gasteiger partial charge in [0.25, 0.3) is 10.0 Å². The first-order valence-electron chi connectivity index (χ1n) is 9.03. The smallest absolute Gasteiger partial charge is 0.271 e. The minimum Gasteiger partial charge on any atom is -0.273 e. The summed E-state index contributed by atoms with van der Waals surface area (Å²) in [6.45, 7) is 4.97. The molecular formula is C19H20Cl2N4O3S2. The van der Waals surface area contributed by atoms with Crippen molar-refractivity contribution in [3.63, 3.8) is 0 Å². The number of sulfonamides is 1. The van der Waals surface area contributed by atoms with Crippen LogP contribution in [0.3, 0.4) is 0 Å². The van der Waals surface area contributed by atoms with Gasteiger partial charge in [-0.3, -0.25) is 9.48 Å². The van der Waals surface area contributed by atoms with Gasteiger partial charge in [0.1, 0.15) is 15.1 Å². The van der Waals surface area contributed by atoms with Gasteiger partial charge in [0, 0.05) is 29.1 Å². The highest BCUT2D eigenvalue weighted by molar-refractivity contribution is 7.89. The van der Waals surface area contributed by atoms with E-state index in [9.17, 15) is 13.2 Å². The van der Waals surface area contributed by atoms with Crippen molar-refractivity contribution in [1.82, 2.24) is 19.1 Å². The zero-order chi connectivity index (χ0) is 22.2. The van der Waals surface area contributed by atoms with Gasteiger partial charge in [-0.2, -0.15) is 5.10 Å². The Kier molecular flexibility index (Phi) is 6.57. The molecule has 7 nitrogen and oxygen atoms in total. The number of aryl methyl sites for hydroxylation is 3. The number of carbonyl (C=O) groups is 1. The van der Waals surface area contributed by atoms with E-state index in [4.69, 9.17) is 23.2 Å². The van der Waals surface area contributed by atoms with Crippen molar-refractivity contribution >= 4 is 50.5 Å². The van der Waals surface area contributed by atoms with Crippen molar-refractivity contribution in [2.75, 3.05) is 6.54 Å². The number of hydrogen-bond acceptors (Lipinski definition) is 6. The van der Waals surface area contributed by atoms with E-state index in [2.05, 4.69) is 10.1 Å². The number of benzene rings is 1. The molecule has 3 aromatic rings. The molecule has 1 amide bonds. The van der Waals surface area contributed by atoms with Crippen LogP contribution in [-0.4, -0.2) is 39.9 Å². The summed E-state index contributed by atoms with van der Waals surface area (Å²) in [5.74, 6) is -0.576. The lowest BCUT2D eigenvalue weighted by Gasteiger charge is -2.20. The lowest BCUT2D eigenvalue weighted by Crippen LogP contribution is -2.38. The molecule has 2 aromatic heterocycles. The van der Waals surface area contributed by atoms with Gasteiger partial charge in [-0.05, 0) is 32.9 Å². The molecule has 11 heteroatoms. The molecule has 1 aromatic carbocycles. The van der Waals surface area contributed by atoms with Crippen LogP contribution in [0.5, 0.6) is 0 Å². The van der Waals surface area contributed by atoms with Crippen LogP contribution in [0, 0.1) is 13.8 Å². The highest BCUT2D eigenvalue weighted by atomic mass is 35.5. The molecule has 0 spiro atoms. The average Bonchev–Trinajstić information content (AvgIpc) is 3.15. The quantitative estimate of drug-likeness (QED) is 0.519. The Morgan fingerprint density at radius 1 is 1.20 bits per heavy atom. The van der Waals surface area contributed by atoms with Crippen molar-refractivity contribution in [2.24, 2.45) is 7.05 Å². The normalized spacial score (nSPS) is 11.7. The Bertz CT molecular complexity index is 1200. The minimum atomic E-state index is -4.14. The summed E-state index contributed by atoms with van der Waals surface area (Å²) in [6.07, 6.45) is -0.139. The predicted octanol–water partition coefficient (Wildman–Crippen LogP) is 4.25. The second-order valence-electron chi connectivity index (χ2n) is 6.60. The molecular weight excluding hydrogens is 467 g/mol. The summed E-state index contributed by atoms with van der Waals surface area (Å²) >= 11 is 13.5. The maximum Gasteiger partial charge on any atom is 0.271 e. The molecule has 0 aliphatic heterocycles. The Balaban J connectivity index is 1.90. The molecule has 0 saturated carbocycles. The van der Waals surface area contributed by atoms with Crippen LogP contribution in [0.15, 0.2) is 29.2 Å². The number of carbonyl (C=O) groups excluding carboxylic acids is 1. The monoisotopic (exact) mass is 486 g/mol. The first-order chi connectivity index (χ1) is 14.1. The molecule has 30 heavy (non-hydrogen) atoms. The van der Waals surface area contributed by atoms with E-state index in [0.29, 0.717) is 10.7 Å². The van der Waals surface area contributed by atoms with Gasteiger partial charge in [-0.1, -0.05) is 35.3 Å². The third kappa shape index (κ3) is 4.25. The fourth-order valence-corrected chi connectivity index (χ4v) is 6.21. The lowest BCUT2D eigenvalue weighted by molar-refractivity contribution is -0.125. The van der Waals surface area contributed by atoms with E-state index in [0.717, 1.165) is 19.8 Å². The molecule has 0 radical (unpaired) electrons. The predicted molar refractivity (Wildman–Crippen MR) is 119 cm³/mol. The Labute approximate surface area is 189 Å². The van der Waals surface area contributed by atoms with Gasteiger partial charge in [0.05, 0.1) is 17.8 Å². The molecule has 0 aliphatic carbocycles. The molecule has 2 heterocycles. The van der Waals surface area contributed by atoms with Crippen LogP contribution in [0.2, 0.25) is 10.2 Å². The third-order valence-corrected chi connectivity index (χ3v) is 8.42. The van der Waals surface area contributed by atoms with E-state index in [1.807, 2.05) is 19.1 Å². The van der Waals surface area contributed by atoms with Crippen LogP contribution in [0.1, 0.15) is 23.2 Å². The van der Waals surface area contributed by atoms with Crippen LogP contribution in [0.4, 0.5) is 0 Å². The van der Waals surface area contributed by atoms with Crippen molar-refractivity contribution in [3.8, 4) is 10.6 Å². The summed E-state index contributed by atoms with van der Waals surface area (Å²) in [5, 5.41) is 5.37. The fraction of sp³-hybridized carbons (Fsp3) is 0.316.